The minimum Gasteiger partial charge on any atom is -0.396 e. The molecule has 1 fully saturated rings. The number of hydrogen-bond acceptors (Lipinski definition) is 1. The van der Waals surface area contributed by atoms with Gasteiger partial charge in [0.15, 0.2) is 11.6 Å². The van der Waals surface area contributed by atoms with Crippen molar-refractivity contribution in [1.29, 1.82) is 0 Å². The highest BCUT2D eigenvalue weighted by atomic mass is 19.2. The molecule has 0 bridgehead atoms. The number of aliphatic hydroxyl groups is 1. The summed E-state index contributed by atoms with van der Waals surface area (Å²) in [5.74, 6) is -0.347. The van der Waals surface area contributed by atoms with Gasteiger partial charge in [-0.25, -0.2) is 8.78 Å². The summed E-state index contributed by atoms with van der Waals surface area (Å²) in [5, 5.41) is 8.74. The Morgan fingerprint density at radius 3 is 1.82 bits per heavy atom. The first kappa shape index (κ1) is 23.3. The molecule has 160 valence electrons. The van der Waals surface area contributed by atoms with E-state index in [1.54, 1.807) is 12.1 Å². The van der Waals surface area contributed by atoms with Crippen LogP contribution in [0.5, 0.6) is 0 Å². The number of rotatable bonds is 14. The fraction of sp³-hybridized carbons (Fsp3) is 0.760. The maximum absolute atomic E-state index is 14.0. The molecular weight excluding hydrogens is 354 g/mol. The van der Waals surface area contributed by atoms with Gasteiger partial charge in [-0.3, -0.25) is 0 Å². The molecule has 0 aliphatic heterocycles. The first-order valence-electron chi connectivity index (χ1n) is 11.8. The summed E-state index contributed by atoms with van der Waals surface area (Å²) in [6.45, 7) is 0.340. The van der Waals surface area contributed by atoms with E-state index in [1.807, 2.05) is 0 Å². The van der Waals surface area contributed by atoms with E-state index in [2.05, 4.69) is 0 Å². The summed E-state index contributed by atoms with van der Waals surface area (Å²) < 4.78 is 27.4. The van der Waals surface area contributed by atoms with Crippen molar-refractivity contribution in [3.8, 4) is 0 Å². The van der Waals surface area contributed by atoms with Gasteiger partial charge in [0.25, 0.3) is 0 Å². The van der Waals surface area contributed by atoms with Crippen LogP contribution in [0.4, 0.5) is 8.78 Å². The van der Waals surface area contributed by atoms with Gasteiger partial charge in [0.2, 0.25) is 0 Å². The third kappa shape index (κ3) is 8.59. The molecule has 0 atom stereocenters. The van der Waals surface area contributed by atoms with Crippen LogP contribution in [0, 0.1) is 17.6 Å². The minimum atomic E-state index is -0.707. The number of aliphatic hydroxyl groups excluding tert-OH is 1. The van der Waals surface area contributed by atoms with Crippen LogP contribution in [-0.4, -0.2) is 11.7 Å². The van der Waals surface area contributed by atoms with Crippen molar-refractivity contribution in [2.75, 3.05) is 6.61 Å². The van der Waals surface area contributed by atoms with E-state index in [0.29, 0.717) is 12.2 Å². The van der Waals surface area contributed by atoms with Crippen LogP contribution in [0.15, 0.2) is 18.2 Å². The van der Waals surface area contributed by atoms with Gasteiger partial charge in [0, 0.05) is 6.61 Å². The molecule has 0 amide bonds. The molecule has 0 heterocycles. The number of halogens is 2. The van der Waals surface area contributed by atoms with Crippen molar-refractivity contribution in [1.82, 2.24) is 0 Å². The van der Waals surface area contributed by atoms with Crippen LogP contribution in [-0.2, 0) is 0 Å². The molecule has 1 aromatic rings. The van der Waals surface area contributed by atoms with Gasteiger partial charge < -0.3 is 5.11 Å². The van der Waals surface area contributed by atoms with E-state index in [9.17, 15) is 8.78 Å². The fourth-order valence-electron chi connectivity index (χ4n) is 4.73. The molecule has 1 aliphatic carbocycles. The van der Waals surface area contributed by atoms with Crippen LogP contribution in [0.1, 0.15) is 114 Å². The largest absolute Gasteiger partial charge is 0.396 e. The average Bonchev–Trinajstić information content (AvgIpc) is 2.71. The Hall–Kier alpha value is -0.960. The predicted molar refractivity (Wildman–Crippen MR) is 114 cm³/mol. The Morgan fingerprint density at radius 1 is 0.714 bits per heavy atom. The number of unbranched alkanes of at least 4 members (excludes halogenated alkanes) is 10. The van der Waals surface area contributed by atoms with Crippen molar-refractivity contribution in [3.63, 3.8) is 0 Å². The van der Waals surface area contributed by atoms with Gasteiger partial charge in [-0.1, -0.05) is 82.8 Å². The summed E-state index contributed by atoms with van der Waals surface area (Å²) in [6.07, 6.45) is 19.8. The fourth-order valence-corrected chi connectivity index (χ4v) is 4.73. The first-order valence-corrected chi connectivity index (χ1v) is 11.8. The summed E-state index contributed by atoms with van der Waals surface area (Å²) >= 11 is 0. The second-order valence-corrected chi connectivity index (χ2v) is 8.76. The zero-order chi connectivity index (χ0) is 20.0. The van der Waals surface area contributed by atoms with Crippen LogP contribution < -0.4 is 0 Å². The molecule has 0 aromatic heterocycles. The third-order valence-electron chi connectivity index (χ3n) is 6.54. The highest BCUT2D eigenvalue weighted by Crippen LogP contribution is 2.38. The van der Waals surface area contributed by atoms with Crippen molar-refractivity contribution >= 4 is 0 Å². The van der Waals surface area contributed by atoms with Gasteiger partial charge in [-0.2, -0.15) is 0 Å². The van der Waals surface area contributed by atoms with Crippen LogP contribution in [0.3, 0.4) is 0 Å². The van der Waals surface area contributed by atoms with Crippen LogP contribution in [0.2, 0.25) is 0 Å². The second kappa shape index (κ2) is 14.1. The topological polar surface area (TPSA) is 20.2 Å². The van der Waals surface area contributed by atoms with Crippen LogP contribution >= 0.6 is 0 Å². The molecule has 1 saturated carbocycles. The average molecular weight is 395 g/mol. The standard InChI is InChI=1S/C25H40F2O/c26-24-15-12-14-23(25(24)27)22-18-16-21(17-19-22)13-10-8-6-4-2-1-3-5-7-9-11-20-28/h12,14-15,21-22,28H,1-11,13,16-20H2/t21-,22-. The molecule has 1 N–H and O–H groups in total. The van der Waals surface area contributed by atoms with E-state index in [1.165, 1.54) is 76.7 Å². The summed E-state index contributed by atoms with van der Waals surface area (Å²) in [4.78, 5) is 0. The second-order valence-electron chi connectivity index (χ2n) is 8.76. The van der Waals surface area contributed by atoms with Crippen molar-refractivity contribution < 1.29 is 13.9 Å². The SMILES string of the molecule is OCCCCCCCCCCCCC[C@H]1CC[C@H](c2cccc(F)c2F)CC1. The maximum atomic E-state index is 14.0. The maximum Gasteiger partial charge on any atom is 0.162 e. The molecule has 1 aromatic carbocycles. The lowest BCUT2D eigenvalue weighted by Gasteiger charge is -2.29. The molecule has 2 rings (SSSR count). The molecular formula is C25H40F2O. The molecule has 1 aliphatic rings. The lowest BCUT2D eigenvalue weighted by molar-refractivity contribution is 0.282. The Labute approximate surface area is 170 Å². The molecule has 0 spiro atoms. The Morgan fingerprint density at radius 2 is 1.25 bits per heavy atom. The Balaban J connectivity index is 1.45. The normalized spacial score (nSPS) is 19.8. The summed E-state index contributed by atoms with van der Waals surface area (Å²) in [5.41, 5.74) is 0.590. The smallest absolute Gasteiger partial charge is 0.162 e. The lowest BCUT2D eigenvalue weighted by Crippen LogP contribution is -2.14. The van der Waals surface area contributed by atoms with E-state index >= 15 is 0 Å². The molecule has 3 heteroatoms. The van der Waals surface area contributed by atoms with E-state index in [4.69, 9.17) is 5.11 Å². The highest BCUT2D eigenvalue weighted by Gasteiger charge is 2.24. The molecule has 28 heavy (non-hydrogen) atoms. The Bertz CT molecular complexity index is 523. The monoisotopic (exact) mass is 394 g/mol. The first-order chi connectivity index (χ1) is 13.7. The van der Waals surface area contributed by atoms with Crippen LogP contribution in [0.25, 0.3) is 0 Å². The van der Waals surface area contributed by atoms with E-state index in [0.717, 1.165) is 38.0 Å². The van der Waals surface area contributed by atoms with E-state index < -0.39 is 11.6 Å². The van der Waals surface area contributed by atoms with Crippen molar-refractivity contribution in [2.45, 2.75) is 109 Å². The minimum absolute atomic E-state index is 0.204. The summed E-state index contributed by atoms with van der Waals surface area (Å²) in [7, 11) is 0. The zero-order valence-electron chi connectivity index (χ0n) is 17.6. The zero-order valence-corrected chi connectivity index (χ0v) is 17.6. The van der Waals surface area contributed by atoms with Crippen molar-refractivity contribution in [3.05, 3.63) is 35.4 Å². The van der Waals surface area contributed by atoms with Gasteiger partial charge >= 0.3 is 0 Å². The third-order valence-corrected chi connectivity index (χ3v) is 6.54. The Kier molecular flexibility index (Phi) is 11.7. The molecule has 0 saturated heterocycles. The quantitative estimate of drug-likeness (QED) is 0.318. The van der Waals surface area contributed by atoms with E-state index in [-0.39, 0.29) is 5.92 Å². The van der Waals surface area contributed by atoms with Crippen molar-refractivity contribution in [2.24, 2.45) is 5.92 Å². The predicted octanol–water partition coefficient (Wildman–Crippen LogP) is 7.91. The lowest BCUT2D eigenvalue weighted by atomic mass is 9.77. The van der Waals surface area contributed by atoms with Gasteiger partial charge in [-0.05, 0) is 55.6 Å². The molecule has 1 nitrogen and oxygen atoms in total. The number of hydrogen-bond donors (Lipinski definition) is 1. The molecule has 0 unspecified atom stereocenters. The van der Waals surface area contributed by atoms with Gasteiger partial charge in [0.05, 0.1) is 0 Å². The summed E-state index contributed by atoms with van der Waals surface area (Å²) in [6, 6.07) is 4.61. The van der Waals surface area contributed by atoms with Gasteiger partial charge in [-0.15, -0.1) is 0 Å². The van der Waals surface area contributed by atoms with Gasteiger partial charge in [0.1, 0.15) is 0 Å². The number of benzene rings is 1. The molecule has 0 radical (unpaired) electrons. The highest BCUT2D eigenvalue weighted by molar-refractivity contribution is 5.23.